The number of aromatic nitrogens is 1. The largest absolute Gasteiger partial charge is 0.382 e. The van der Waals surface area contributed by atoms with Crippen LogP contribution in [-0.2, 0) is 9.53 Å². The third-order valence-corrected chi connectivity index (χ3v) is 4.03. The fraction of sp³-hybridized carbons (Fsp3) is 0.533. The minimum absolute atomic E-state index is 0.111. The average molecular weight is 306 g/mol. The highest BCUT2D eigenvalue weighted by atomic mass is 16.5. The second-order valence-corrected chi connectivity index (χ2v) is 5.69. The Bertz CT molecular complexity index is 576. The summed E-state index contributed by atoms with van der Waals surface area (Å²) in [7, 11) is 5.21. The first-order valence-corrected chi connectivity index (χ1v) is 7.16. The van der Waals surface area contributed by atoms with Gasteiger partial charge in [-0.3, -0.25) is 9.59 Å². The number of carbonyl (C=O) groups excluding carboxylic acids is 2. The standard InChI is InChI=1S/C15H22N4O3/c1-18(2)12-9-11(5-7-17-12)13(20)19-8-4-6-15(19,10-22-3)14(16)21/h5,7,9H,4,6,8,10H2,1-3H3,(H2,16,21). The van der Waals surface area contributed by atoms with E-state index in [0.29, 0.717) is 24.3 Å². The van der Waals surface area contributed by atoms with Gasteiger partial charge in [-0.1, -0.05) is 0 Å². The van der Waals surface area contributed by atoms with Crippen LogP contribution in [0.4, 0.5) is 5.82 Å². The number of primary amides is 1. The summed E-state index contributed by atoms with van der Waals surface area (Å²) in [5.74, 6) is -0.0672. The van der Waals surface area contributed by atoms with Gasteiger partial charge in [0.15, 0.2) is 0 Å². The van der Waals surface area contributed by atoms with Crippen molar-refractivity contribution in [3.8, 4) is 0 Å². The van der Waals surface area contributed by atoms with Crippen LogP contribution in [0, 0.1) is 0 Å². The van der Waals surface area contributed by atoms with Crippen LogP contribution in [0.25, 0.3) is 0 Å². The van der Waals surface area contributed by atoms with Crippen LogP contribution in [0.5, 0.6) is 0 Å². The molecular formula is C15H22N4O3. The Hall–Kier alpha value is -2.15. The summed E-state index contributed by atoms with van der Waals surface area (Å²) < 4.78 is 5.15. The van der Waals surface area contributed by atoms with Gasteiger partial charge in [0, 0.05) is 39.5 Å². The van der Waals surface area contributed by atoms with E-state index < -0.39 is 11.4 Å². The number of amides is 2. The summed E-state index contributed by atoms with van der Waals surface area (Å²) >= 11 is 0. The number of pyridine rings is 1. The van der Waals surface area contributed by atoms with E-state index in [9.17, 15) is 9.59 Å². The maximum atomic E-state index is 12.8. The summed E-state index contributed by atoms with van der Waals surface area (Å²) in [6.07, 6.45) is 2.83. The summed E-state index contributed by atoms with van der Waals surface area (Å²) in [6.45, 7) is 0.602. The average Bonchev–Trinajstić information content (AvgIpc) is 2.92. The number of carbonyl (C=O) groups is 2. The zero-order valence-electron chi connectivity index (χ0n) is 13.2. The molecule has 0 saturated carbocycles. The Balaban J connectivity index is 2.35. The Morgan fingerprint density at radius 1 is 1.50 bits per heavy atom. The second-order valence-electron chi connectivity index (χ2n) is 5.69. The third kappa shape index (κ3) is 2.76. The Labute approximate surface area is 130 Å². The molecule has 1 atom stereocenters. The molecule has 2 rings (SSSR count). The van der Waals surface area contributed by atoms with Gasteiger partial charge in [-0.2, -0.15) is 0 Å². The SMILES string of the molecule is COCC1(C(N)=O)CCCN1C(=O)c1ccnc(N(C)C)c1. The maximum absolute atomic E-state index is 12.8. The van der Waals surface area contributed by atoms with E-state index in [1.807, 2.05) is 19.0 Å². The number of nitrogens with two attached hydrogens (primary N) is 1. The lowest BCUT2D eigenvalue weighted by molar-refractivity contribution is -0.130. The third-order valence-electron chi connectivity index (χ3n) is 4.03. The van der Waals surface area contributed by atoms with Crippen LogP contribution in [0.3, 0.4) is 0 Å². The van der Waals surface area contributed by atoms with Gasteiger partial charge in [0.25, 0.3) is 5.91 Å². The molecule has 7 nitrogen and oxygen atoms in total. The molecule has 1 aliphatic rings. The van der Waals surface area contributed by atoms with E-state index >= 15 is 0 Å². The zero-order valence-corrected chi connectivity index (χ0v) is 13.2. The molecular weight excluding hydrogens is 284 g/mol. The summed E-state index contributed by atoms with van der Waals surface area (Å²) in [4.78, 5) is 32.3. The zero-order chi connectivity index (χ0) is 16.3. The van der Waals surface area contributed by atoms with Crippen molar-refractivity contribution in [1.82, 2.24) is 9.88 Å². The normalized spacial score (nSPS) is 21.0. The molecule has 22 heavy (non-hydrogen) atoms. The van der Waals surface area contributed by atoms with Crippen molar-refractivity contribution in [2.45, 2.75) is 18.4 Å². The highest BCUT2D eigenvalue weighted by Crippen LogP contribution is 2.31. The lowest BCUT2D eigenvalue weighted by Crippen LogP contribution is -2.58. The van der Waals surface area contributed by atoms with E-state index in [4.69, 9.17) is 10.5 Å². The minimum atomic E-state index is -1.06. The molecule has 120 valence electrons. The number of nitrogens with zero attached hydrogens (tertiary/aromatic N) is 3. The van der Waals surface area contributed by atoms with Crippen molar-refractivity contribution in [3.05, 3.63) is 23.9 Å². The van der Waals surface area contributed by atoms with Crippen LogP contribution in [-0.4, -0.2) is 61.6 Å². The molecule has 0 spiro atoms. The number of rotatable bonds is 5. The lowest BCUT2D eigenvalue weighted by atomic mass is 9.95. The Kier molecular flexibility index (Phi) is 4.65. The van der Waals surface area contributed by atoms with Gasteiger partial charge in [-0.25, -0.2) is 4.98 Å². The first-order chi connectivity index (χ1) is 10.4. The number of anilines is 1. The first-order valence-electron chi connectivity index (χ1n) is 7.16. The molecule has 0 aromatic carbocycles. The number of hydrogen-bond acceptors (Lipinski definition) is 5. The fourth-order valence-corrected chi connectivity index (χ4v) is 2.84. The lowest BCUT2D eigenvalue weighted by Gasteiger charge is -2.35. The second kappa shape index (κ2) is 6.31. The summed E-state index contributed by atoms with van der Waals surface area (Å²) in [5.41, 5.74) is 5.00. The molecule has 2 heterocycles. The molecule has 0 radical (unpaired) electrons. The fourth-order valence-electron chi connectivity index (χ4n) is 2.84. The van der Waals surface area contributed by atoms with Crippen molar-refractivity contribution in [3.63, 3.8) is 0 Å². The molecule has 2 amide bonds. The Morgan fingerprint density at radius 3 is 2.82 bits per heavy atom. The van der Waals surface area contributed by atoms with Crippen LogP contribution >= 0.6 is 0 Å². The van der Waals surface area contributed by atoms with Crippen LogP contribution in [0.2, 0.25) is 0 Å². The smallest absolute Gasteiger partial charge is 0.255 e. The van der Waals surface area contributed by atoms with Gasteiger partial charge in [0.1, 0.15) is 11.4 Å². The summed E-state index contributed by atoms with van der Waals surface area (Å²) in [6, 6.07) is 3.35. The van der Waals surface area contributed by atoms with E-state index in [-0.39, 0.29) is 12.5 Å². The number of methoxy groups -OCH3 is 1. The quantitative estimate of drug-likeness (QED) is 0.842. The van der Waals surface area contributed by atoms with Gasteiger partial charge in [-0.15, -0.1) is 0 Å². The van der Waals surface area contributed by atoms with Crippen molar-refractivity contribution < 1.29 is 14.3 Å². The highest BCUT2D eigenvalue weighted by molar-refractivity contribution is 5.99. The van der Waals surface area contributed by atoms with Crippen molar-refractivity contribution in [2.24, 2.45) is 5.73 Å². The van der Waals surface area contributed by atoms with Gasteiger partial charge < -0.3 is 20.3 Å². The van der Waals surface area contributed by atoms with Gasteiger partial charge >= 0.3 is 0 Å². The van der Waals surface area contributed by atoms with E-state index in [1.165, 1.54) is 12.0 Å². The van der Waals surface area contributed by atoms with E-state index in [0.717, 1.165) is 6.42 Å². The first kappa shape index (κ1) is 16.2. The number of ether oxygens (including phenoxy) is 1. The topological polar surface area (TPSA) is 88.8 Å². The molecule has 1 aromatic rings. The predicted octanol–water partition coefficient (Wildman–Crippen LogP) is 0.254. The molecule has 1 fully saturated rings. The van der Waals surface area contributed by atoms with E-state index in [2.05, 4.69) is 4.98 Å². The van der Waals surface area contributed by atoms with Crippen molar-refractivity contribution in [1.29, 1.82) is 0 Å². The van der Waals surface area contributed by atoms with E-state index in [1.54, 1.807) is 18.3 Å². The number of likely N-dealkylation sites (tertiary alicyclic amines) is 1. The molecule has 0 bridgehead atoms. The van der Waals surface area contributed by atoms with Crippen LogP contribution in [0.15, 0.2) is 18.3 Å². The monoisotopic (exact) mass is 306 g/mol. The molecule has 1 aliphatic heterocycles. The molecule has 2 N–H and O–H groups in total. The van der Waals surface area contributed by atoms with Crippen molar-refractivity contribution >= 4 is 17.6 Å². The minimum Gasteiger partial charge on any atom is -0.382 e. The molecule has 1 aromatic heterocycles. The van der Waals surface area contributed by atoms with Crippen molar-refractivity contribution in [2.75, 3.05) is 39.3 Å². The Morgan fingerprint density at radius 2 is 2.23 bits per heavy atom. The van der Waals surface area contributed by atoms with Gasteiger partial charge in [0.05, 0.1) is 6.61 Å². The van der Waals surface area contributed by atoms with Gasteiger partial charge in [-0.05, 0) is 25.0 Å². The molecule has 0 aliphatic carbocycles. The predicted molar refractivity (Wildman–Crippen MR) is 82.6 cm³/mol. The highest BCUT2D eigenvalue weighted by Gasteiger charge is 2.48. The summed E-state index contributed by atoms with van der Waals surface area (Å²) in [5, 5.41) is 0. The molecule has 1 saturated heterocycles. The maximum Gasteiger partial charge on any atom is 0.255 e. The number of hydrogen-bond donors (Lipinski definition) is 1. The van der Waals surface area contributed by atoms with Crippen LogP contribution in [0.1, 0.15) is 23.2 Å². The van der Waals surface area contributed by atoms with Crippen LogP contribution < -0.4 is 10.6 Å². The molecule has 1 unspecified atom stereocenters. The molecule has 7 heteroatoms. The van der Waals surface area contributed by atoms with Gasteiger partial charge in [0.2, 0.25) is 5.91 Å².